The minimum atomic E-state index is -3.49. The van der Waals surface area contributed by atoms with Crippen molar-refractivity contribution < 1.29 is 17.9 Å². The molecule has 130 valence electrons. The third-order valence-corrected chi connectivity index (χ3v) is 6.83. The van der Waals surface area contributed by atoms with Gasteiger partial charge in [0.1, 0.15) is 9.81 Å². The summed E-state index contributed by atoms with van der Waals surface area (Å²) >= 11 is 1.20. The molecule has 6 nitrogen and oxygen atoms in total. The topological polar surface area (TPSA) is 66.9 Å². The van der Waals surface area contributed by atoms with Crippen LogP contribution in [0.5, 0.6) is 0 Å². The molecule has 1 saturated heterocycles. The average Bonchev–Trinajstić information content (AvgIpc) is 3.07. The lowest BCUT2D eigenvalue weighted by Gasteiger charge is -2.30. The fourth-order valence-electron chi connectivity index (χ4n) is 2.55. The summed E-state index contributed by atoms with van der Waals surface area (Å²) in [7, 11) is -1.94. The summed E-state index contributed by atoms with van der Waals surface area (Å²) in [5, 5.41) is 1.74. The second kappa shape index (κ2) is 6.78. The van der Waals surface area contributed by atoms with Crippen LogP contribution in [0.4, 0.5) is 4.79 Å². The van der Waals surface area contributed by atoms with Gasteiger partial charge in [-0.25, -0.2) is 13.2 Å². The minimum Gasteiger partial charge on any atom is -0.444 e. The van der Waals surface area contributed by atoms with Crippen molar-refractivity contribution >= 4 is 27.5 Å². The summed E-state index contributed by atoms with van der Waals surface area (Å²) in [5.74, 6) is 0. The Morgan fingerprint density at radius 3 is 2.74 bits per heavy atom. The van der Waals surface area contributed by atoms with E-state index in [-0.39, 0.29) is 18.7 Å². The van der Waals surface area contributed by atoms with Crippen LogP contribution in [-0.4, -0.2) is 55.5 Å². The molecule has 0 spiro atoms. The third kappa shape index (κ3) is 4.45. The van der Waals surface area contributed by atoms with Gasteiger partial charge in [-0.2, -0.15) is 4.31 Å². The zero-order valence-electron chi connectivity index (χ0n) is 14.0. The first-order valence-electron chi connectivity index (χ1n) is 7.61. The fourth-order valence-corrected chi connectivity index (χ4v) is 4.95. The average molecular weight is 361 g/mol. The molecular formula is C15H24N2O4S2. The van der Waals surface area contributed by atoms with Crippen molar-refractivity contribution in [2.75, 3.05) is 20.1 Å². The number of sulfonamides is 1. The van der Waals surface area contributed by atoms with E-state index in [0.717, 1.165) is 12.8 Å². The summed E-state index contributed by atoms with van der Waals surface area (Å²) in [5.41, 5.74) is -0.556. The van der Waals surface area contributed by atoms with Gasteiger partial charge in [0, 0.05) is 26.2 Å². The maximum absolute atomic E-state index is 12.5. The van der Waals surface area contributed by atoms with Crippen molar-refractivity contribution in [3.63, 3.8) is 0 Å². The van der Waals surface area contributed by atoms with E-state index in [1.165, 1.54) is 15.6 Å². The normalized spacial score (nSPS) is 19.3. The molecule has 1 aliphatic rings. The molecule has 0 radical (unpaired) electrons. The van der Waals surface area contributed by atoms with Gasteiger partial charge in [0.2, 0.25) is 0 Å². The maximum atomic E-state index is 12.5. The molecule has 1 atom stereocenters. The highest BCUT2D eigenvalue weighted by Gasteiger charge is 2.35. The SMILES string of the molecule is CN(C[C@@H]1CCCN1C(=O)OC(C)(C)C)S(=O)(=O)c1cccs1. The monoisotopic (exact) mass is 360 g/mol. The molecule has 0 unspecified atom stereocenters. The van der Waals surface area contributed by atoms with E-state index in [2.05, 4.69) is 0 Å². The van der Waals surface area contributed by atoms with Gasteiger partial charge >= 0.3 is 6.09 Å². The predicted molar refractivity (Wildman–Crippen MR) is 90.1 cm³/mol. The Kier molecular flexibility index (Phi) is 5.37. The molecule has 0 aliphatic carbocycles. The Morgan fingerprint density at radius 1 is 1.48 bits per heavy atom. The van der Waals surface area contributed by atoms with E-state index in [1.807, 2.05) is 20.8 Å². The predicted octanol–water partition coefficient (Wildman–Crippen LogP) is 2.77. The van der Waals surface area contributed by atoms with E-state index in [1.54, 1.807) is 29.5 Å². The molecular weight excluding hydrogens is 336 g/mol. The molecule has 0 aromatic carbocycles. The number of nitrogens with zero attached hydrogens (tertiary/aromatic N) is 2. The fraction of sp³-hybridized carbons (Fsp3) is 0.667. The number of amides is 1. The Hall–Kier alpha value is -1.12. The van der Waals surface area contributed by atoms with Gasteiger partial charge in [-0.1, -0.05) is 6.07 Å². The Morgan fingerprint density at radius 2 is 2.17 bits per heavy atom. The van der Waals surface area contributed by atoms with Crippen LogP contribution in [-0.2, 0) is 14.8 Å². The largest absolute Gasteiger partial charge is 0.444 e. The molecule has 0 saturated carbocycles. The van der Waals surface area contributed by atoms with Crippen LogP contribution in [0.2, 0.25) is 0 Å². The molecule has 1 aromatic rings. The van der Waals surface area contributed by atoms with E-state index < -0.39 is 15.6 Å². The van der Waals surface area contributed by atoms with Crippen molar-refractivity contribution in [1.29, 1.82) is 0 Å². The number of ether oxygens (including phenoxy) is 1. The van der Waals surface area contributed by atoms with Crippen molar-refractivity contribution in [2.45, 2.75) is 49.5 Å². The van der Waals surface area contributed by atoms with Gasteiger partial charge in [-0.05, 0) is 45.1 Å². The molecule has 0 bridgehead atoms. The molecule has 1 aromatic heterocycles. The van der Waals surface area contributed by atoms with Gasteiger partial charge in [-0.15, -0.1) is 11.3 Å². The van der Waals surface area contributed by atoms with E-state index in [0.29, 0.717) is 10.8 Å². The van der Waals surface area contributed by atoms with Gasteiger partial charge < -0.3 is 9.64 Å². The van der Waals surface area contributed by atoms with Crippen molar-refractivity contribution in [2.24, 2.45) is 0 Å². The molecule has 1 fully saturated rings. The number of thiophene rings is 1. The van der Waals surface area contributed by atoms with Crippen molar-refractivity contribution in [3.8, 4) is 0 Å². The van der Waals surface area contributed by atoms with Crippen molar-refractivity contribution in [3.05, 3.63) is 17.5 Å². The number of carbonyl (C=O) groups is 1. The maximum Gasteiger partial charge on any atom is 0.410 e. The zero-order valence-corrected chi connectivity index (χ0v) is 15.6. The number of hydrogen-bond acceptors (Lipinski definition) is 5. The summed E-state index contributed by atoms with van der Waals surface area (Å²) < 4.78 is 32.0. The van der Waals surface area contributed by atoms with Gasteiger partial charge in [0.25, 0.3) is 10.0 Å². The number of likely N-dealkylation sites (tertiary alicyclic amines) is 1. The lowest BCUT2D eigenvalue weighted by molar-refractivity contribution is 0.0216. The molecule has 8 heteroatoms. The standard InChI is InChI=1S/C15H24N2O4S2/c1-15(2,3)21-14(18)17-9-5-7-12(17)11-16(4)23(19,20)13-8-6-10-22-13/h6,8,10,12H,5,7,9,11H2,1-4H3/t12-/m0/s1. The number of likely N-dealkylation sites (N-methyl/N-ethyl adjacent to an activating group) is 1. The summed E-state index contributed by atoms with van der Waals surface area (Å²) in [4.78, 5) is 13.9. The van der Waals surface area contributed by atoms with E-state index >= 15 is 0 Å². The second-order valence-electron chi connectivity index (χ2n) is 6.69. The van der Waals surface area contributed by atoms with Crippen LogP contribution in [0.15, 0.2) is 21.7 Å². The van der Waals surface area contributed by atoms with E-state index in [4.69, 9.17) is 4.74 Å². The van der Waals surface area contributed by atoms with Crippen LogP contribution >= 0.6 is 11.3 Å². The van der Waals surface area contributed by atoms with Gasteiger partial charge in [0.15, 0.2) is 0 Å². The number of rotatable bonds is 4. The molecule has 2 rings (SSSR count). The summed E-state index contributed by atoms with van der Waals surface area (Å²) in [6.07, 6.45) is 1.27. The summed E-state index contributed by atoms with van der Waals surface area (Å²) in [6, 6.07) is 3.16. The summed E-state index contributed by atoms with van der Waals surface area (Å²) in [6.45, 7) is 6.35. The van der Waals surface area contributed by atoms with Crippen LogP contribution in [0.1, 0.15) is 33.6 Å². The number of carbonyl (C=O) groups excluding carboxylic acids is 1. The zero-order chi connectivity index (χ0) is 17.3. The lowest BCUT2D eigenvalue weighted by atomic mass is 10.2. The Balaban J connectivity index is 2.05. The quantitative estimate of drug-likeness (QED) is 0.828. The first kappa shape index (κ1) is 18.2. The third-order valence-electron chi connectivity index (χ3n) is 3.63. The highest BCUT2D eigenvalue weighted by Crippen LogP contribution is 2.25. The van der Waals surface area contributed by atoms with Crippen LogP contribution in [0.25, 0.3) is 0 Å². The highest BCUT2D eigenvalue weighted by atomic mass is 32.2. The Bertz CT molecular complexity index is 635. The highest BCUT2D eigenvalue weighted by molar-refractivity contribution is 7.91. The molecule has 0 N–H and O–H groups in total. The van der Waals surface area contributed by atoms with Gasteiger partial charge in [0.05, 0.1) is 0 Å². The Labute approximate surface area is 142 Å². The molecule has 1 amide bonds. The number of hydrogen-bond donors (Lipinski definition) is 0. The van der Waals surface area contributed by atoms with Crippen LogP contribution in [0, 0.1) is 0 Å². The molecule has 2 heterocycles. The smallest absolute Gasteiger partial charge is 0.410 e. The lowest BCUT2D eigenvalue weighted by Crippen LogP contribution is -2.45. The van der Waals surface area contributed by atoms with Crippen LogP contribution in [0.3, 0.4) is 0 Å². The second-order valence-corrected chi connectivity index (χ2v) is 9.91. The van der Waals surface area contributed by atoms with Crippen molar-refractivity contribution in [1.82, 2.24) is 9.21 Å². The minimum absolute atomic E-state index is 0.149. The molecule has 23 heavy (non-hydrogen) atoms. The molecule has 1 aliphatic heterocycles. The van der Waals surface area contributed by atoms with E-state index in [9.17, 15) is 13.2 Å². The first-order chi connectivity index (χ1) is 10.6. The van der Waals surface area contributed by atoms with Crippen LogP contribution < -0.4 is 0 Å². The first-order valence-corrected chi connectivity index (χ1v) is 9.93. The van der Waals surface area contributed by atoms with Gasteiger partial charge in [-0.3, -0.25) is 0 Å².